The Bertz CT molecular complexity index is 1190. The van der Waals surface area contributed by atoms with E-state index >= 15 is 0 Å². The summed E-state index contributed by atoms with van der Waals surface area (Å²) in [7, 11) is 0. The van der Waals surface area contributed by atoms with E-state index in [0.717, 1.165) is 23.8 Å². The standard InChI is InChI=1S/C25H27F2NO6/c1-7-14-8-10-16(33-19-11-9-15(25(6,26)27)12-18(19)28(31)32)13-17(14)20-21(29)23(2,3)34-24(4,5)22(20)30/h8-13,29H,7H2,1-6H3. The maximum Gasteiger partial charge on any atom is 0.312 e. The first-order valence-electron chi connectivity index (χ1n) is 10.7. The number of aryl methyl sites for hydroxylation is 1. The number of hydrogen-bond acceptors (Lipinski definition) is 6. The number of aliphatic hydroxyl groups is 1. The molecule has 3 rings (SSSR count). The maximum atomic E-state index is 13.7. The van der Waals surface area contributed by atoms with E-state index in [-0.39, 0.29) is 22.8 Å². The quantitative estimate of drug-likeness (QED) is 0.379. The Morgan fingerprint density at radius 2 is 1.76 bits per heavy atom. The molecule has 0 unspecified atom stereocenters. The second-order valence-corrected chi connectivity index (χ2v) is 9.28. The third kappa shape index (κ3) is 4.65. The fourth-order valence-corrected chi connectivity index (χ4v) is 4.00. The largest absolute Gasteiger partial charge is 0.508 e. The topological polar surface area (TPSA) is 98.9 Å². The van der Waals surface area contributed by atoms with Gasteiger partial charge in [-0.05, 0) is 69.5 Å². The van der Waals surface area contributed by atoms with E-state index in [0.29, 0.717) is 18.9 Å². The minimum atomic E-state index is -3.26. The van der Waals surface area contributed by atoms with Crippen LogP contribution in [0.5, 0.6) is 11.5 Å². The van der Waals surface area contributed by atoms with Crippen LogP contribution in [0.1, 0.15) is 58.2 Å². The normalized spacial score (nSPS) is 17.6. The van der Waals surface area contributed by atoms with Crippen molar-refractivity contribution in [3.05, 3.63) is 69.0 Å². The average Bonchev–Trinajstić information content (AvgIpc) is 2.71. The van der Waals surface area contributed by atoms with Gasteiger partial charge in [0.2, 0.25) is 5.75 Å². The number of carbonyl (C=O) groups is 1. The van der Waals surface area contributed by atoms with Crippen LogP contribution < -0.4 is 4.74 Å². The molecule has 34 heavy (non-hydrogen) atoms. The summed E-state index contributed by atoms with van der Waals surface area (Å²) in [5, 5.41) is 22.4. The number of carbonyl (C=O) groups excluding carboxylic acids is 1. The molecule has 0 spiro atoms. The molecule has 1 heterocycles. The monoisotopic (exact) mass is 475 g/mol. The maximum absolute atomic E-state index is 13.7. The zero-order valence-electron chi connectivity index (χ0n) is 19.9. The van der Waals surface area contributed by atoms with Gasteiger partial charge in [0.15, 0.2) is 5.78 Å². The van der Waals surface area contributed by atoms with Crippen molar-refractivity contribution in [2.45, 2.75) is 65.1 Å². The number of aliphatic hydroxyl groups excluding tert-OH is 1. The highest BCUT2D eigenvalue weighted by Gasteiger charge is 2.47. The van der Waals surface area contributed by atoms with Gasteiger partial charge in [-0.15, -0.1) is 0 Å². The Morgan fingerprint density at radius 1 is 1.12 bits per heavy atom. The second-order valence-electron chi connectivity index (χ2n) is 9.28. The summed E-state index contributed by atoms with van der Waals surface area (Å²) in [4.78, 5) is 23.9. The van der Waals surface area contributed by atoms with Crippen molar-refractivity contribution in [2.24, 2.45) is 0 Å². The van der Waals surface area contributed by atoms with Gasteiger partial charge in [-0.25, -0.2) is 8.78 Å². The van der Waals surface area contributed by atoms with Crippen LogP contribution in [0.15, 0.2) is 42.2 Å². The van der Waals surface area contributed by atoms with Crippen molar-refractivity contribution in [3.8, 4) is 11.5 Å². The lowest BCUT2D eigenvalue weighted by molar-refractivity contribution is -0.385. The predicted octanol–water partition coefficient (Wildman–Crippen LogP) is 6.49. The molecule has 0 bridgehead atoms. The van der Waals surface area contributed by atoms with Crippen LogP contribution >= 0.6 is 0 Å². The lowest BCUT2D eigenvalue weighted by Crippen LogP contribution is -2.49. The molecular weight excluding hydrogens is 448 g/mol. The highest BCUT2D eigenvalue weighted by molar-refractivity contribution is 6.26. The van der Waals surface area contributed by atoms with Gasteiger partial charge in [-0.3, -0.25) is 14.9 Å². The summed E-state index contributed by atoms with van der Waals surface area (Å²) < 4.78 is 38.8. The van der Waals surface area contributed by atoms with Crippen molar-refractivity contribution in [1.82, 2.24) is 0 Å². The smallest absolute Gasteiger partial charge is 0.312 e. The third-order valence-electron chi connectivity index (χ3n) is 5.71. The minimum Gasteiger partial charge on any atom is -0.508 e. The van der Waals surface area contributed by atoms with Crippen LogP contribution in [0, 0.1) is 10.1 Å². The van der Waals surface area contributed by atoms with Gasteiger partial charge < -0.3 is 14.6 Å². The first kappa shape index (κ1) is 25.3. The number of hydrogen-bond donors (Lipinski definition) is 1. The van der Waals surface area contributed by atoms with Crippen molar-refractivity contribution in [1.29, 1.82) is 0 Å². The highest BCUT2D eigenvalue weighted by atomic mass is 19.3. The van der Waals surface area contributed by atoms with Crippen LogP contribution in [0.25, 0.3) is 5.57 Å². The number of benzene rings is 2. The van der Waals surface area contributed by atoms with E-state index in [2.05, 4.69) is 0 Å². The van der Waals surface area contributed by atoms with E-state index in [4.69, 9.17) is 9.47 Å². The summed E-state index contributed by atoms with van der Waals surface area (Å²) in [6.07, 6.45) is 0.530. The van der Waals surface area contributed by atoms with Crippen molar-refractivity contribution in [2.75, 3.05) is 0 Å². The Labute approximate surface area is 196 Å². The predicted molar refractivity (Wildman–Crippen MR) is 122 cm³/mol. The number of nitro benzene ring substituents is 1. The van der Waals surface area contributed by atoms with Gasteiger partial charge >= 0.3 is 5.69 Å². The molecule has 9 heteroatoms. The molecule has 0 saturated heterocycles. The third-order valence-corrected chi connectivity index (χ3v) is 5.71. The number of nitrogens with zero attached hydrogens (tertiary/aromatic N) is 1. The lowest BCUT2D eigenvalue weighted by atomic mass is 9.81. The molecule has 1 N–H and O–H groups in total. The Morgan fingerprint density at radius 3 is 2.32 bits per heavy atom. The molecule has 0 aromatic heterocycles. The summed E-state index contributed by atoms with van der Waals surface area (Å²) in [5.41, 5.74) is -2.23. The summed E-state index contributed by atoms with van der Waals surface area (Å²) in [6, 6.07) is 7.70. The van der Waals surface area contributed by atoms with Gasteiger partial charge in [0.05, 0.1) is 10.5 Å². The fraction of sp³-hybridized carbons (Fsp3) is 0.400. The average molecular weight is 475 g/mol. The highest BCUT2D eigenvalue weighted by Crippen LogP contribution is 2.43. The first-order chi connectivity index (χ1) is 15.6. The Hall–Kier alpha value is -3.33. The summed E-state index contributed by atoms with van der Waals surface area (Å²) >= 11 is 0. The number of nitro groups is 1. The number of alkyl halides is 2. The SMILES string of the molecule is CCc1ccc(Oc2ccc(C(C)(F)F)cc2[N+](=O)[O-])cc1C1=C(O)C(C)(C)OC(C)(C)C1=O. The van der Waals surface area contributed by atoms with E-state index < -0.39 is 39.1 Å². The van der Waals surface area contributed by atoms with E-state index in [1.807, 2.05) is 6.92 Å². The second kappa shape index (κ2) is 8.47. The van der Waals surface area contributed by atoms with Crippen molar-refractivity contribution in [3.63, 3.8) is 0 Å². The summed E-state index contributed by atoms with van der Waals surface area (Å²) in [5.74, 6) is -4.00. The van der Waals surface area contributed by atoms with Crippen molar-refractivity contribution < 1.29 is 33.1 Å². The zero-order chi connectivity index (χ0) is 25.6. The van der Waals surface area contributed by atoms with Gasteiger partial charge in [-0.2, -0.15) is 0 Å². The van der Waals surface area contributed by atoms with Gasteiger partial charge in [0.25, 0.3) is 5.92 Å². The van der Waals surface area contributed by atoms with E-state index in [1.54, 1.807) is 39.8 Å². The lowest BCUT2D eigenvalue weighted by Gasteiger charge is -2.40. The number of ether oxygens (including phenoxy) is 2. The molecule has 1 aliphatic rings. The summed E-state index contributed by atoms with van der Waals surface area (Å²) in [6.45, 7) is 9.06. The minimum absolute atomic E-state index is 0.0824. The van der Waals surface area contributed by atoms with Crippen LogP contribution in [0.4, 0.5) is 14.5 Å². The van der Waals surface area contributed by atoms with Gasteiger partial charge in [0, 0.05) is 18.6 Å². The van der Waals surface area contributed by atoms with E-state index in [9.17, 15) is 28.8 Å². The zero-order valence-corrected chi connectivity index (χ0v) is 19.9. The molecule has 0 saturated carbocycles. The number of Topliss-reactive ketones (excluding diaryl/α,β-unsaturated/α-hetero) is 1. The van der Waals surface area contributed by atoms with Crippen LogP contribution in [0.3, 0.4) is 0 Å². The Balaban J connectivity index is 2.14. The number of halogens is 2. The molecule has 2 aromatic carbocycles. The number of ketones is 1. The van der Waals surface area contributed by atoms with Crippen LogP contribution in [-0.4, -0.2) is 27.0 Å². The molecule has 0 atom stereocenters. The molecule has 182 valence electrons. The van der Waals surface area contributed by atoms with Crippen LogP contribution in [-0.2, 0) is 21.9 Å². The molecule has 2 aromatic rings. The van der Waals surface area contributed by atoms with Gasteiger partial charge in [-0.1, -0.05) is 13.0 Å². The number of rotatable bonds is 6. The molecule has 0 radical (unpaired) electrons. The van der Waals surface area contributed by atoms with Gasteiger partial charge in [0.1, 0.15) is 22.7 Å². The molecule has 0 fully saturated rings. The van der Waals surface area contributed by atoms with Crippen molar-refractivity contribution >= 4 is 17.0 Å². The molecule has 1 aliphatic heterocycles. The first-order valence-corrected chi connectivity index (χ1v) is 10.7. The molecular formula is C25H27F2NO6. The fourth-order valence-electron chi connectivity index (χ4n) is 4.00. The van der Waals surface area contributed by atoms with E-state index in [1.165, 1.54) is 6.07 Å². The Kier molecular flexibility index (Phi) is 6.30. The molecule has 7 nitrogen and oxygen atoms in total. The van der Waals surface area contributed by atoms with Crippen LogP contribution in [0.2, 0.25) is 0 Å². The molecule has 0 amide bonds. The molecule has 0 aliphatic carbocycles.